The van der Waals surface area contributed by atoms with Crippen LogP contribution >= 0.6 is 0 Å². The highest BCUT2D eigenvalue weighted by Crippen LogP contribution is 2.18. The SMILES string of the molecule is CCC(C)(C)NC(=O)c1ccc(NC(=O)c2ccc(NS(=O)(=O)c3ccc(F)cc3)cc2)cc1. The molecule has 178 valence electrons. The molecule has 0 aliphatic carbocycles. The highest BCUT2D eigenvalue weighted by molar-refractivity contribution is 7.92. The van der Waals surface area contributed by atoms with Crippen molar-refractivity contribution in [1.29, 1.82) is 0 Å². The van der Waals surface area contributed by atoms with Gasteiger partial charge in [-0.2, -0.15) is 0 Å². The molecule has 0 saturated heterocycles. The van der Waals surface area contributed by atoms with Gasteiger partial charge in [-0.3, -0.25) is 14.3 Å². The number of rotatable bonds is 8. The third-order valence-electron chi connectivity index (χ3n) is 5.26. The Morgan fingerprint density at radius 3 is 1.82 bits per heavy atom. The number of hydrogen-bond donors (Lipinski definition) is 3. The Kier molecular flexibility index (Phi) is 7.36. The van der Waals surface area contributed by atoms with Gasteiger partial charge in [0.25, 0.3) is 21.8 Å². The molecule has 3 N–H and O–H groups in total. The summed E-state index contributed by atoms with van der Waals surface area (Å²) in [6.07, 6.45) is 0.791. The minimum atomic E-state index is -3.89. The zero-order valence-electron chi connectivity index (χ0n) is 19.1. The fraction of sp³-hybridized carbons (Fsp3) is 0.200. The summed E-state index contributed by atoms with van der Waals surface area (Å²) in [5.41, 5.74) is 1.25. The van der Waals surface area contributed by atoms with Crippen molar-refractivity contribution < 1.29 is 22.4 Å². The Hall–Kier alpha value is -3.72. The molecule has 0 fully saturated rings. The summed E-state index contributed by atoms with van der Waals surface area (Å²) in [7, 11) is -3.89. The molecule has 0 heterocycles. The summed E-state index contributed by atoms with van der Waals surface area (Å²) in [5, 5.41) is 5.69. The molecule has 0 aliphatic heterocycles. The summed E-state index contributed by atoms with van der Waals surface area (Å²) >= 11 is 0. The highest BCUT2D eigenvalue weighted by atomic mass is 32.2. The van der Waals surface area contributed by atoms with Gasteiger partial charge >= 0.3 is 0 Å². The Balaban J connectivity index is 1.62. The van der Waals surface area contributed by atoms with Gasteiger partial charge in [-0.05, 0) is 93.1 Å². The molecule has 3 aromatic rings. The van der Waals surface area contributed by atoms with Crippen LogP contribution in [0.15, 0.2) is 77.7 Å². The largest absolute Gasteiger partial charge is 0.347 e. The number of halogens is 1. The number of benzene rings is 3. The van der Waals surface area contributed by atoms with Crippen LogP contribution in [-0.4, -0.2) is 25.8 Å². The molecule has 0 atom stereocenters. The monoisotopic (exact) mass is 483 g/mol. The first kappa shape index (κ1) is 24.9. The third kappa shape index (κ3) is 6.41. The average Bonchev–Trinajstić information content (AvgIpc) is 2.79. The topological polar surface area (TPSA) is 104 Å². The van der Waals surface area contributed by atoms with E-state index >= 15 is 0 Å². The van der Waals surface area contributed by atoms with Gasteiger partial charge < -0.3 is 10.6 Å². The van der Waals surface area contributed by atoms with Crippen LogP contribution in [0, 0.1) is 5.82 Å². The predicted octanol–water partition coefficient (Wildman–Crippen LogP) is 4.80. The second-order valence-corrected chi connectivity index (χ2v) is 10.0. The van der Waals surface area contributed by atoms with E-state index in [1.807, 2.05) is 20.8 Å². The van der Waals surface area contributed by atoms with E-state index in [0.717, 1.165) is 18.6 Å². The molecule has 0 spiro atoms. The van der Waals surface area contributed by atoms with E-state index in [1.165, 1.54) is 36.4 Å². The van der Waals surface area contributed by atoms with E-state index < -0.39 is 21.7 Å². The maximum atomic E-state index is 13.0. The number of sulfonamides is 1. The van der Waals surface area contributed by atoms with Crippen molar-refractivity contribution in [2.45, 2.75) is 37.6 Å². The van der Waals surface area contributed by atoms with Gasteiger partial charge in [-0.25, -0.2) is 12.8 Å². The molecule has 3 aromatic carbocycles. The van der Waals surface area contributed by atoms with Crippen LogP contribution in [0.4, 0.5) is 15.8 Å². The van der Waals surface area contributed by atoms with Crippen molar-refractivity contribution in [2.75, 3.05) is 10.0 Å². The maximum Gasteiger partial charge on any atom is 0.261 e. The minimum absolute atomic E-state index is 0.0777. The second-order valence-electron chi connectivity index (χ2n) is 8.36. The molecule has 7 nitrogen and oxygen atoms in total. The minimum Gasteiger partial charge on any atom is -0.347 e. The number of carbonyl (C=O) groups is 2. The van der Waals surface area contributed by atoms with E-state index in [9.17, 15) is 22.4 Å². The molecule has 9 heteroatoms. The van der Waals surface area contributed by atoms with Crippen molar-refractivity contribution in [3.8, 4) is 0 Å². The molecule has 34 heavy (non-hydrogen) atoms. The normalized spacial score (nSPS) is 11.5. The van der Waals surface area contributed by atoms with Crippen molar-refractivity contribution >= 4 is 33.2 Å². The Bertz CT molecular complexity index is 1270. The summed E-state index contributed by atoms with van der Waals surface area (Å²) < 4.78 is 40.2. The summed E-state index contributed by atoms with van der Waals surface area (Å²) in [6, 6.07) is 16.9. The van der Waals surface area contributed by atoms with Gasteiger partial charge in [-0.1, -0.05) is 6.92 Å². The summed E-state index contributed by atoms with van der Waals surface area (Å²) in [6.45, 7) is 5.88. The molecule has 0 aliphatic rings. The van der Waals surface area contributed by atoms with Crippen LogP contribution in [-0.2, 0) is 10.0 Å². The Morgan fingerprint density at radius 1 is 0.794 bits per heavy atom. The van der Waals surface area contributed by atoms with E-state index in [-0.39, 0.29) is 22.0 Å². The average molecular weight is 484 g/mol. The van der Waals surface area contributed by atoms with Crippen molar-refractivity contribution in [3.05, 3.63) is 89.7 Å². The van der Waals surface area contributed by atoms with Crippen LogP contribution in [0.1, 0.15) is 47.9 Å². The lowest BCUT2D eigenvalue weighted by atomic mass is 10.0. The molecule has 3 rings (SSSR count). The van der Waals surface area contributed by atoms with Crippen molar-refractivity contribution in [2.24, 2.45) is 0 Å². The van der Waals surface area contributed by atoms with E-state index in [2.05, 4.69) is 15.4 Å². The first-order valence-electron chi connectivity index (χ1n) is 10.6. The van der Waals surface area contributed by atoms with Crippen LogP contribution in [0.3, 0.4) is 0 Å². The van der Waals surface area contributed by atoms with Crippen molar-refractivity contribution in [3.63, 3.8) is 0 Å². The van der Waals surface area contributed by atoms with Crippen molar-refractivity contribution in [1.82, 2.24) is 5.32 Å². The summed E-state index contributed by atoms with van der Waals surface area (Å²) in [4.78, 5) is 24.8. The van der Waals surface area contributed by atoms with Crippen LogP contribution < -0.4 is 15.4 Å². The lowest BCUT2D eigenvalue weighted by molar-refractivity contribution is 0.0910. The highest BCUT2D eigenvalue weighted by Gasteiger charge is 2.19. The summed E-state index contributed by atoms with van der Waals surface area (Å²) in [5.74, 6) is -1.12. The van der Waals surface area contributed by atoms with Crippen LogP contribution in [0.5, 0.6) is 0 Å². The quantitative estimate of drug-likeness (QED) is 0.428. The van der Waals surface area contributed by atoms with E-state index in [1.54, 1.807) is 24.3 Å². The van der Waals surface area contributed by atoms with E-state index in [0.29, 0.717) is 16.8 Å². The van der Waals surface area contributed by atoms with Gasteiger partial charge in [0.05, 0.1) is 4.90 Å². The second kappa shape index (κ2) is 10.0. The third-order valence-corrected chi connectivity index (χ3v) is 6.66. The van der Waals surface area contributed by atoms with Crippen LogP contribution in [0.2, 0.25) is 0 Å². The smallest absolute Gasteiger partial charge is 0.261 e. The Labute approximate surface area is 198 Å². The number of nitrogens with one attached hydrogen (secondary N) is 3. The lowest BCUT2D eigenvalue weighted by Crippen LogP contribution is -2.42. The first-order valence-corrected chi connectivity index (χ1v) is 12.1. The van der Waals surface area contributed by atoms with Gasteiger partial charge in [-0.15, -0.1) is 0 Å². The zero-order valence-corrected chi connectivity index (χ0v) is 19.9. The van der Waals surface area contributed by atoms with E-state index in [4.69, 9.17) is 0 Å². The molecule has 0 bridgehead atoms. The molecular formula is C25H26FN3O4S. The van der Waals surface area contributed by atoms with Gasteiger partial charge in [0.15, 0.2) is 0 Å². The molecular weight excluding hydrogens is 457 g/mol. The van der Waals surface area contributed by atoms with Gasteiger partial charge in [0.2, 0.25) is 0 Å². The molecule has 0 saturated carbocycles. The standard InChI is InChI=1S/C25H26FN3O4S/c1-4-25(2,3)28-24(31)18-5-11-20(12-6-18)27-23(30)17-7-13-21(14-8-17)29-34(32,33)22-15-9-19(26)10-16-22/h5-16,29H,4H2,1-3H3,(H,27,30)(H,28,31). The molecule has 0 aromatic heterocycles. The fourth-order valence-electron chi connectivity index (χ4n) is 2.89. The lowest BCUT2D eigenvalue weighted by Gasteiger charge is -2.24. The van der Waals surface area contributed by atoms with Gasteiger partial charge in [0.1, 0.15) is 5.82 Å². The molecule has 0 radical (unpaired) electrons. The Morgan fingerprint density at radius 2 is 1.29 bits per heavy atom. The van der Waals surface area contributed by atoms with Crippen LogP contribution in [0.25, 0.3) is 0 Å². The molecule has 2 amide bonds. The predicted molar refractivity (Wildman–Crippen MR) is 130 cm³/mol. The maximum absolute atomic E-state index is 13.0. The molecule has 0 unspecified atom stereocenters. The fourth-order valence-corrected chi connectivity index (χ4v) is 3.95. The number of amides is 2. The van der Waals surface area contributed by atoms with Gasteiger partial charge in [0, 0.05) is 28.0 Å². The number of carbonyl (C=O) groups excluding carboxylic acids is 2. The number of anilines is 2. The first-order chi connectivity index (χ1) is 16.0. The zero-order chi connectivity index (χ0) is 24.9. The number of hydrogen-bond acceptors (Lipinski definition) is 4.